The molecule has 1 fully saturated rings. The summed E-state index contributed by atoms with van der Waals surface area (Å²) in [6.45, 7) is 11.1. The Bertz CT molecular complexity index is 1190. The number of hydrogen-bond donors (Lipinski definition) is 0. The largest absolute Gasteiger partial charge is 0.496 e. The third-order valence-electron chi connectivity index (χ3n) is 9.06. The molecule has 1 amide bonds. The van der Waals surface area contributed by atoms with Gasteiger partial charge in [0.25, 0.3) is 11.7 Å². The maximum atomic E-state index is 13.8. The van der Waals surface area contributed by atoms with Crippen molar-refractivity contribution in [1.82, 2.24) is 4.90 Å². The summed E-state index contributed by atoms with van der Waals surface area (Å²) in [6.07, 6.45) is 10.2. The van der Waals surface area contributed by atoms with Crippen molar-refractivity contribution in [2.45, 2.75) is 91.8 Å². The van der Waals surface area contributed by atoms with Gasteiger partial charge in [0.1, 0.15) is 5.76 Å². The van der Waals surface area contributed by atoms with Crippen LogP contribution >= 0.6 is 0 Å². The van der Waals surface area contributed by atoms with Gasteiger partial charge in [0.15, 0.2) is 17.3 Å². The van der Waals surface area contributed by atoms with Crippen LogP contribution in [0, 0.1) is 25.7 Å². The van der Waals surface area contributed by atoms with Crippen molar-refractivity contribution in [1.29, 1.82) is 0 Å². The van der Waals surface area contributed by atoms with Crippen LogP contribution in [0.15, 0.2) is 23.0 Å². The lowest BCUT2D eigenvalue weighted by atomic mass is 9.77. The summed E-state index contributed by atoms with van der Waals surface area (Å²) in [6, 6.07) is 0. The number of allylic oxidation sites excluding steroid dienone is 2. The van der Waals surface area contributed by atoms with Crippen LogP contribution in [-0.2, 0) is 16.0 Å². The second kappa shape index (κ2) is 9.85. The van der Waals surface area contributed by atoms with Crippen molar-refractivity contribution >= 4 is 11.7 Å². The maximum absolute atomic E-state index is 13.8. The highest BCUT2D eigenvalue weighted by Crippen LogP contribution is 2.52. The molecule has 4 aliphatic rings. The first-order valence-electron chi connectivity index (χ1n) is 14.0. The topological polar surface area (TPSA) is 65.1 Å². The number of nitrogens with zero attached hydrogens (tertiary/aromatic N) is 1. The molecule has 1 atom stereocenters. The fourth-order valence-corrected chi connectivity index (χ4v) is 6.88. The molecule has 1 aromatic rings. The summed E-state index contributed by atoms with van der Waals surface area (Å²) in [5.74, 6) is 2.52. The fraction of sp³-hybridized carbons (Fsp3) is 0.613. The highest BCUT2D eigenvalue weighted by molar-refractivity contribution is 6.03. The van der Waals surface area contributed by atoms with Gasteiger partial charge in [0.2, 0.25) is 0 Å². The van der Waals surface area contributed by atoms with Gasteiger partial charge >= 0.3 is 0 Å². The fourth-order valence-electron chi connectivity index (χ4n) is 6.88. The van der Waals surface area contributed by atoms with E-state index in [-0.39, 0.29) is 18.2 Å². The predicted molar refractivity (Wildman–Crippen MR) is 143 cm³/mol. The van der Waals surface area contributed by atoms with Gasteiger partial charge in [0.05, 0.1) is 19.2 Å². The van der Waals surface area contributed by atoms with Gasteiger partial charge in [-0.1, -0.05) is 25.3 Å². The van der Waals surface area contributed by atoms with Gasteiger partial charge in [-0.3, -0.25) is 9.59 Å². The molecule has 6 nitrogen and oxygen atoms in total. The number of carbonyl (C=O) groups excluding carboxylic acids is 2. The number of rotatable bonds is 6. The first-order valence-corrected chi connectivity index (χ1v) is 14.0. The second-order valence-corrected chi connectivity index (χ2v) is 11.6. The summed E-state index contributed by atoms with van der Waals surface area (Å²) in [7, 11) is 1.58. The average molecular weight is 508 g/mol. The van der Waals surface area contributed by atoms with E-state index in [1.54, 1.807) is 12.0 Å². The van der Waals surface area contributed by atoms with E-state index in [1.807, 2.05) is 19.9 Å². The molecule has 1 saturated carbocycles. The van der Waals surface area contributed by atoms with Gasteiger partial charge in [-0.05, 0) is 76.0 Å². The minimum absolute atomic E-state index is 0.0264. The normalized spacial score (nSPS) is 27.4. The molecule has 6 heteroatoms. The molecule has 5 rings (SSSR count). The summed E-state index contributed by atoms with van der Waals surface area (Å²) in [5, 5.41) is 0. The lowest BCUT2D eigenvalue weighted by Crippen LogP contribution is -2.44. The summed E-state index contributed by atoms with van der Waals surface area (Å²) < 4.78 is 18.7. The van der Waals surface area contributed by atoms with E-state index in [0.29, 0.717) is 41.5 Å². The van der Waals surface area contributed by atoms with E-state index in [2.05, 4.69) is 20.8 Å². The van der Waals surface area contributed by atoms with Crippen LogP contribution in [0.2, 0.25) is 0 Å². The van der Waals surface area contributed by atoms with Crippen molar-refractivity contribution < 1.29 is 23.8 Å². The second-order valence-electron chi connectivity index (χ2n) is 11.6. The number of ketones is 1. The molecule has 2 aliphatic heterocycles. The minimum Gasteiger partial charge on any atom is -0.496 e. The molecule has 0 spiro atoms. The van der Waals surface area contributed by atoms with Crippen LogP contribution in [0.5, 0.6) is 11.5 Å². The molecule has 0 bridgehead atoms. The standard InChI is InChI=1S/C31H41NO5/c1-7-8-21-9-11-22(12-10-21)31(5)36-28-19(3)23-13-14-32(30(34)27(23)20(4)29(28)37-31)17-24-25(33)15-18(2)16-26(24)35-6/h16,21-22H,7-15,17H2,1-6H3. The maximum Gasteiger partial charge on any atom is 0.254 e. The Labute approximate surface area is 221 Å². The van der Waals surface area contributed by atoms with Crippen molar-refractivity contribution in [3.63, 3.8) is 0 Å². The smallest absolute Gasteiger partial charge is 0.254 e. The molecule has 200 valence electrons. The Hall–Kier alpha value is -2.76. The lowest BCUT2D eigenvalue weighted by molar-refractivity contribution is -0.123. The molecule has 2 aliphatic carbocycles. The lowest BCUT2D eigenvalue weighted by Gasteiger charge is -2.37. The van der Waals surface area contributed by atoms with Crippen LogP contribution in [0.3, 0.4) is 0 Å². The zero-order valence-corrected chi connectivity index (χ0v) is 23.3. The number of hydrogen-bond acceptors (Lipinski definition) is 5. The SMILES string of the molecule is CCCC1CCC(C2(C)Oc3c(C)c4c(c(C)c3O2)C(=O)N(CC2=C(OC)C=C(C)CC2=O)CC4)CC1. The quantitative estimate of drug-likeness (QED) is 0.458. The molecule has 0 aromatic heterocycles. The molecular weight excluding hydrogens is 466 g/mol. The van der Waals surface area contributed by atoms with Gasteiger partial charge in [0, 0.05) is 36.9 Å². The number of carbonyl (C=O) groups is 2. The third kappa shape index (κ3) is 4.46. The molecule has 0 radical (unpaired) electrons. The first-order chi connectivity index (χ1) is 17.7. The molecule has 1 unspecified atom stereocenters. The summed E-state index contributed by atoms with van der Waals surface area (Å²) in [5.41, 5.74) is 5.16. The van der Waals surface area contributed by atoms with E-state index in [4.69, 9.17) is 14.2 Å². The highest BCUT2D eigenvalue weighted by Gasteiger charge is 2.48. The van der Waals surface area contributed by atoms with Gasteiger partial charge in [-0.15, -0.1) is 0 Å². The van der Waals surface area contributed by atoms with Crippen LogP contribution in [0.1, 0.15) is 92.8 Å². The molecule has 0 N–H and O–H groups in total. The van der Waals surface area contributed by atoms with Crippen molar-refractivity contribution in [3.05, 3.63) is 45.2 Å². The predicted octanol–water partition coefficient (Wildman–Crippen LogP) is 6.22. The van der Waals surface area contributed by atoms with E-state index in [0.717, 1.165) is 53.2 Å². The summed E-state index contributed by atoms with van der Waals surface area (Å²) in [4.78, 5) is 28.4. The van der Waals surface area contributed by atoms with Crippen molar-refractivity contribution in [2.24, 2.45) is 11.8 Å². The Morgan fingerprint density at radius 3 is 2.38 bits per heavy atom. The molecule has 2 heterocycles. The van der Waals surface area contributed by atoms with E-state index in [1.165, 1.54) is 25.7 Å². The summed E-state index contributed by atoms with van der Waals surface area (Å²) >= 11 is 0. The Morgan fingerprint density at radius 1 is 1.05 bits per heavy atom. The van der Waals surface area contributed by atoms with Gasteiger partial charge < -0.3 is 19.1 Å². The van der Waals surface area contributed by atoms with E-state index < -0.39 is 5.79 Å². The number of amides is 1. The molecular formula is C31H41NO5. The monoisotopic (exact) mass is 507 g/mol. The Balaban J connectivity index is 1.41. The first kappa shape index (κ1) is 25.9. The van der Waals surface area contributed by atoms with Crippen LogP contribution in [0.4, 0.5) is 0 Å². The Kier molecular flexibility index (Phi) is 6.88. The minimum atomic E-state index is -0.696. The van der Waals surface area contributed by atoms with Crippen LogP contribution < -0.4 is 9.47 Å². The van der Waals surface area contributed by atoms with Crippen LogP contribution in [0.25, 0.3) is 0 Å². The average Bonchev–Trinajstić information content (AvgIpc) is 3.25. The van der Waals surface area contributed by atoms with E-state index >= 15 is 0 Å². The number of fused-ring (bicyclic) bond motifs is 2. The zero-order valence-electron chi connectivity index (χ0n) is 23.3. The number of methoxy groups -OCH3 is 1. The molecule has 0 saturated heterocycles. The third-order valence-corrected chi connectivity index (χ3v) is 9.06. The van der Waals surface area contributed by atoms with Crippen molar-refractivity contribution in [3.8, 4) is 11.5 Å². The van der Waals surface area contributed by atoms with Gasteiger partial charge in [-0.25, -0.2) is 0 Å². The number of benzene rings is 1. The van der Waals surface area contributed by atoms with E-state index in [9.17, 15) is 9.59 Å². The van der Waals surface area contributed by atoms with Gasteiger partial charge in [-0.2, -0.15) is 0 Å². The molecule has 37 heavy (non-hydrogen) atoms. The van der Waals surface area contributed by atoms with Crippen LogP contribution in [-0.4, -0.2) is 42.6 Å². The molecule has 1 aromatic carbocycles. The van der Waals surface area contributed by atoms with Crippen molar-refractivity contribution in [2.75, 3.05) is 20.2 Å². The highest BCUT2D eigenvalue weighted by atomic mass is 16.7. The Morgan fingerprint density at radius 2 is 1.73 bits per heavy atom. The zero-order chi connectivity index (χ0) is 26.5. The number of ether oxygens (including phenoxy) is 3. The number of Topliss-reactive ketones (excluding diaryl/α,β-unsaturated/α-hetero) is 1.